The first-order valence-electron chi connectivity index (χ1n) is 4.96. The summed E-state index contributed by atoms with van der Waals surface area (Å²) in [4.78, 5) is 0. The summed E-state index contributed by atoms with van der Waals surface area (Å²) >= 11 is 5.89. The number of methoxy groups -OCH3 is 1. The van der Waals surface area contributed by atoms with Gasteiger partial charge in [-0.25, -0.2) is 8.42 Å². The summed E-state index contributed by atoms with van der Waals surface area (Å²) in [7, 11) is -1.99. The summed E-state index contributed by atoms with van der Waals surface area (Å²) < 4.78 is 30.8. The molecule has 17 heavy (non-hydrogen) atoms. The van der Waals surface area contributed by atoms with Gasteiger partial charge in [-0.05, 0) is 25.1 Å². The average Bonchev–Trinajstić information content (AvgIpc) is 2.27. The second kappa shape index (κ2) is 5.57. The van der Waals surface area contributed by atoms with Crippen LogP contribution in [0.3, 0.4) is 0 Å². The van der Waals surface area contributed by atoms with E-state index in [2.05, 4.69) is 4.72 Å². The summed E-state index contributed by atoms with van der Waals surface area (Å²) in [5, 5.41) is -0.323. The third kappa shape index (κ3) is 3.49. The van der Waals surface area contributed by atoms with Gasteiger partial charge in [0.05, 0.1) is 23.1 Å². The lowest BCUT2D eigenvalue weighted by Crippen LogP contribution is -2.31. The van der Waals surface area contributed by atoms with Gasteiger partial charge in [0.25, 0.3) is 0 Å². The zero-order valence-corrected chi connectivity index (χ0v) is 11.2. The Labute approximate surface area is 106 Å². The number of anilines is 1. The molecule has 0 spiro atoms. The average molecular weight is 279 g/mol. The molecule has 0 saturated heterocycles. The van der Waals surface area contributed by atoms with Crippen LogP contribution >= 0.6 is 11.6 Å². The van der Waals surface area contributed by atoms with Gasteiger partial charge in [0, 0.05) is 6.54 Å². The number of nitrogens with two attached hydrogens (primary N) is 1. The number of hydrogen-bond donors (Lipinski definition) is 2. The van der Waals surface area contributed by atoms with Crippen LogP contribution in [-0.4, -0.2) is 27.3 Å². The molecule has 3 N–H and O–H groups in total. The van der Waals surface area contributed by atoms with E-state index in [-0.39, 0.29) is 6.54 Å². The molecule has 1 rings (SSSR count). The molecular formula is C10H15ClN2O3S. The van der Waals surface area contributed by atoms with E-state index in [0.717, 1.165) is 0 Å². The summed E-state index contributed by atoms with van der Waals surface area (Å²) in [5.41, 5.74) is 5.71. The van der Waals surface area contributed by atoms with Crippen LogP contribution in [0.5, 0.6) is 5.75 Å². The zero-order chi connectivity index (χ0) is 13.1. The molecule has 0 aliphatic heterocycles. The monoisotopic (exact) mass is 278 g/mol. The van der Waals surface area contributed by atoms with Gasteiger partial charge in [-0.3, -0.25) is 4.72 Å². The first-order chi connectivity index (χ1) is 7.90. The van der Waals surface area contributed by atoms with Crippen LogP contribution in [0.2, 0.25) is 5.02 Å². The van der Waals surface area contributed by atoms with Crippen LogP contribution in [0.25, 0.3) is 0 Å². The van der Waals surface area contributed by atoms with Crippen molar-refractivity contribution >= 4 is 27.3 Å². The first kappa shape index (κ1) is 14.1. The fraction of sp³-hybridized carbons (Fsp3) is 0.400. The summed E-state index contributed by atoms with van der Waals surface area (Å²) in [5.74, 6) is 0.487. The van der Waals surface area contributed by atoms with E-state index < -0.39 is 15.3 Å². The Balaban J connectivity index is 2.93. The number of hydrogen-bond acceptors (Lipinski definition) is 4. The minimum Gasteiger partial charge on any atom is -0.495 e. The summed E-state index contributed by atoms with van der Waals surface area (Å²) in [6.45, 7) is 1.59. The van der Waals surface area contributed by atoms with Crippen LogP contribution < -0.4 is 15.2 Å². The highest BCUT2D eigenvalue weighted by atomic mass is 35.5. The Bertz CT molecular complexity index is 490. The lowest BCUT2D eigenvalue weighted by molar-refractivity contribution is 0.415. The second-order valence-electron chi connectivity index (χ2n) is 3.54. The molecule has 0 aliphatic rings. The smallest absolute Gasteiger partial charge is 0.236 e. The van der Waals surface area contributed by atoms with Crippen LogP contribution in [-0.2, 0) is 10.0 Å². The van der Waals surface area contributed by atoms with E-state index in [1.807, 2.05) is 0 Å². The van der Waals surface area contributed by atoms with Crippen molar-refractivity contribution in [3.05, 3.63) is 23.2 Å². The van der Waals surface area contributed by atoms with Gasteiger partial charge < -0.3 is 10.5 Å². The number of rotatable bonds is 5. The maximum Gasteiger partial charge on any atom is 0.236 e. The predicted molar refractivity (Wildman–Crippen MR) is 69.1 cm³/mol. The van der Waals surface area contributed by atoms with E-state index >= 15 is 0 Å². The van der Waals surface area contributed by atoms with Crippen molar-refractivity contribution in [2.45, 2.75) is 12.2 Å². The van der Waals surface area contributed by atoms with Gasteiger partial charge >= 0.3 is 0 Å². The maximum absolute atomic E-state index is 11.7. The zero-order valence-electron chi connectivity index (χ0n) is 9.60. The number of nitrogens with one attached hydrogen (secondary N) is 1. The predicted octanol–water partition coefficient (Wildman–Crippen LogP) is 1.44. The van der Waals surface area contributed by atoms with E-state index in [0.29, 0.717) is 16.5 Å². The van der Waals surface area contributed by atoms with Crippen molar-refractivity contribution in [1.82, 2.24) is 0 Å². The molecule has 5 nitrogen and oxygen atoms in total. The van der Waals surface area contributed by atoms with Crippen LogP contribution in [0.1, 0.15) is 6.92 Å². The van der Waals surface area contributed by atoms with Gasteiger partial charge in [0.1, 0.15) is 5.75 Å². The molecule has 1 atom stereocenters. The molecule has 0 aliphatic carbocycles. The SMILES string of the molecule is COc1ccc(NS(=O)(=O)C(C)CN)cc1Cl. The third-order valence-electron chi connectivity index (χ3n) is 2.27. The van der Waals surface area contributed by atoms with Crippen molar-refractivity contribution in [2.24, 2.45) is 5.73 Å². The molecule has 0 amide bonds. The van der Waals surface area contributed by atoms with Gasteiger partial charge in [0.15, 0.2) is 0 Å². The summed E-state index contributed by atoms with van der Waals surface area (Å²) in [6, 6.07) is 4.65. The first-order valence-corrected chi connectivity index (χ1v) is 6.88. The quantitative estimate of drug-likeness (QED) is 0.854. The Morgan fingerprint density at radius 1 is 1.53 bits per heavy atom. The molecule has 0 bridgehead atoms. The molecule has 7 heteroatoms. The molecule has 0 fully saturated rings. The van der Waals surface area contributed by atoms with Crippen LogP contribution in [0.4, 0.5) is 5.69 Å². The van der Waals surface area contributed by atoms with E-state index in [1.54, 1.807) is 12.1 Å². The van der Waals surface area contributed by atoms with Crippen LogP contribution in [0.15, 0.2) is 18.2 Å². The van der Waals surface area contributed by atoms with Gasteiger partial charge in [-0.1, -0.05) is 11.6 Å². The second-order valence-corrected chi connectivity index (χ2v) is 6.05. The highest BCUT2D eigenvalue weighted by Crippen LogP contribution is 2.27. The van der Waals surface area contributed by atoms with Crippen molar-refractivity contribution in [2.75, 3.05) is 18.4 Å². The molecule has 1 unspecified atom stereocenters. The highest BCUT2D eigenvalue weighted by molar-refractivity contribution is 7.93. The Hall–Kier alpha value is -0.980. The topological polar surface area (TPSA) is 81.4 Å². The van der Waals surface area contributed by atoms with E-state index in [9.17, 15) is 8.42 Å². The largest absolute Gasteiger partial charge is 0.495 e. The van der Waals surface area contributed by atoms with Gasteiger partial charge in [-0.2, -0.15) is 0 Å². The molecule has 0 aromatic heterocycles. The van der Waals surface area contributed by atoms with Crippen molar-refractivity contribution < 1.29 is 13.2 Å². The lowest BCUT2D eigenvalue weighted by atomic mass is 10.3. The van der Waals surface area contributed by atoms with Gasteiger partial charge in [-0.15, -0.1) is 0 Å². The van der Waals surface area contributed by atoms with E-state index in [1.165, 1.54) is 20.1 Å². The molecule has 0 saturated carbocycles. The van der Waals surface area contributed by atoms with Crippen molar-refractivity contribution in [1.29, 1.82) is 0 Å². The molecule has 96 valence electrons. The van der Waals surface area contributed by atoms with Crippen LogP contribution in [0, 0.1) is 0 Å². The van der Waals surface area contributed by atoms with Gasteiger partial charge in [0.2, 0.25) is 10.0 Å². The lowest BCUT2D eigenvalue weighted by Gasteiger charge is -2.13. The van der Waals surface area contributed by atoms with E-state index in [4.69, 9.17) is 22.1 Å². The molecular weight excluding hydrogens is 264 g/mol. The molecule has 1 aromatic carbocycles. The minimum atomic E-state index is -3.47. The number of halogens is 1. The molecule has 0 heterocycles. The number of sulfonamides is 1. The Kier molecular flexibility index (Phi) is 4.62. The number of benzene rings is 1. The third-order valence-corrected chi connectivity index (χ3v) is 4.34. The number of ether oxygens (including phenoxy) is 1. The fourth-order valence-corrected chi connectivity index (χ4v) is 2.29. The maximum atomic E-state index is 11.7. The summed E-state index contributed by atoms with van der Waals surface area (Å²) in [6.07, 6.45) is 0. The highest BCUT2D eigenvalue weighted by Gasteiger charge is 2.19. The minimum absolute atomic E-state index is 0.0548. The van der Waals surface area contributed by atoms with Crippen molar-refractivity contribution in [3.63, 3.8) is 0 Å². The van der Waals surface area contributed by atoms with Crippen molar-refractivity contribution in [3.8, 4) is 5.75 Å². The standard InChI is InChI=1S/C10H15ClN2O3S/c1-7(6-12)17(14,15)13-8-3-4-10(16-2)9(11)5-8/h3-5,7,13H,6,12H2,1-2H3. The Morgan fingerprint density at radius 2 is 2.18 bits per heavy atom. The molecule has 1 aromatic rings. The Morgan fingerprint density at radius 3 is 2.65 bits per heavy atom. The normalized spacial score (nSPS) is 13.2. The molecule has 0 radical (unpaired) electrons. The fourth-order valence-electron chi connectivity index (χ4n) is 1.12.